The Hall–Kier alpha value is -2.22. The maximum atomic E-state index is 13.0. The highest BCUT2D eigenvalue weighted by Crippen LogP contribution is 2.56. The summed E-state index contributed by atoms with van der Waals surface area (Å²) in [6.07, 6.45) is 4.48. The van der Waals surface area contributed by atoms with Crippen molar-refractivity contribution in [2.24, 2.45) is 35.5 Å². The number of imide groups is 1. The second-order valence-corrected chi connectivity index (χ2v) is 11.5. The van der Waals surface area contributed by atoms with Gasteiger partial charge in [-0.3, -0.25) is 14.5 Å². The average Bonchev–Trinajstić information content (AvgIpc) is 3.14. The number of benzene rings is 1. The van der Waals surface area contributed by atoms with E-state index in [1.165, 1.54) is 34.2 Å². The highest BCUT2D eigenvalue weighted by atomic mass is 16.3. The van der Waals surface area contributed by atoms with Gasteiger partial charge in [-0.25, -0.2) is 0 Å². The first-order valence-electron chi connectivity index (χ1n) is 13.0. The fraction of sp³-hybridized carbons (Fsp3) is 0.630. The maximum Gasteiger partial charge on any atom is 0.233 e. The summed E-state index contributed by atoms with van der Waals surface area (Å²) in [5.41, 5.74) is 2.66. The lowest BCUT2D eigenvalue weighted by Crippen LogP contribution is -2.43. The molecule has 0 spiro atoms. The van der Waals surface area contributed by atoms with Gasteiger partial charge < -0.3 is 20.1 Å². The van der Waals surface area contributed by atoms with Gasteiger partial charge in [0.05, 0.1) is 24.0 Å². The first-order chi connectivity index (χ1) is 16.5. The van der Waals surface area contributed by atoms with E-state index in [9.17, 15) is 19.8 Å². The Kier molecular flexibility index (Phi) is 4.74. The predicted octanol–water partition coefficient (Wildman–Crippen LogP) is 1.96. The van der Waals surface area contributed by atoms with Crippen LogP contribution in [0, 0.1) is 35.5 Å². The topological polar surface area (TPSA) is 96.9 Å². The quantitative estimate of drug-likeness (QED) is 0.589. The third-order valence-electron chi connectivity index (χ3n) is 9.81. The number of H-pyrrole nitrogens is 1. The number of fused-ring (bicyclic) bond motifs is 6. The van der Waals surface area contributed by atoms with Crippen LogP contribution in [0.25, 0.3) is 10.9 Å². The summed E-state index contributed by atoms with van der Waals surface area (Å²) in [4.78, 5) is 33.5. The third-order valence-corrected chi connectivity index (χ3v) is 9.81. The number of rotatable bonds is 5. The van der Waals surface area contributed by atoms with Crippen LogP contribution in [0.5, 0.6) is 0 Å². The highest BCUT2D eigenvalue weighted by Gasteiger charge is 2.67. The molecule has 7 nitrogen and oxygen atoms in total. The van der Waals surface area contributed by atoms with E-state index in [2.05, 4.69) is 40.3 Å². The van der Waals surface area contributed by atoms with Crippen molar-refractivity contribution in [3.8, 4) is 0 Å². The zero-order chi connectivity index (χ0) is 23.1. The molecule has 7 heteroatoms. The SMILES string of the molecule is O=C1C2C3CC(C(O)C3O)C2C(=O)N1C[C@H]1C[C@@H]1CN1CCC(c2c[nH]c3ccccc23)CC1. The molecule has 2 aliphatic heterocycles. The zero-order valence-corrected chi connectivity index (χ0v) is 19.3. The van der Waals surface area contributed by atoms with E-state index >= 15 is 0 Å². The summed E-state index contributed by atoms with van der Waals surface area (Å²) in [5, 5.41) is 21.8. The van der Waals surface area contributed by atoms with Crippen LogP contribution in [-0.2, 0) is 9.59 Å². The summed E-state index contributed by atoms with van der Waals surface area (Å²) in [6, 6.07) is 8.54. The van der Waals surface area contributed by atoms with Gasteiger partial charge in [0.1, 0.15) is 0 Å². The highest BCUT2D eigenvalue weighted by molar-refractivity contribution is 6.06. The summed E-state index contributed by atoms with van der Waals surface area (Å²) in [6.45, 7) is 3.76. The number of aromatic nitrogens is 1. The summed E-state index contributed by atoms with van der Waals surface area (Å²) < 4.78 is 0. The normalized spacial score (nSPS) is 40.0. The van der Waals surface area contributed by atoms with E-state index in [1.54, 1.807) is 0 Å². The molecule has 7 rings (SSSR count). The molecule has 3 aliphatic carbocycles. The minimum Gasteiger partial charge on any atom is -0.390 e. The van der Waals surface area contributed by atoms with Crippen LogP contribution in [0.15, 0.2) is 30.5 Å². The molecule has 0 radical (unpaired) electrons. The molecule has 1 aromatic heterocycles. The summed E-state index contributed by atoms with van der Waals surface area (Å²) in [5.74, 6) is 0.0391. The molecule has 3 N–H and O–H groups in total. The maximum absolute atomic E-state index is 13.0. The number of nitrogens with one attached hydrogen (secondary N) is 1. The van der Waals surface area contributed by atoms with Crippen LogP contribution in [0.2, 0.25) is 0 Å². The lowest BCUT2D eigenvalue weighted by Gasteiger charge is -2.32. The number of hydrogen-bond acceptors (Lipinski definition) is 5. The fourth-order valence-corrected chi connectivity index (χ4v) is 7.85. The molecule has 3 heterocycles. The molecule has 2 bridgehead atoms. The Labute approximate surface area is 199 Å². The van der Waals surface area contributed by atoms with Gasteiger partial charge >= 0.3 is 0 Å². The largest absolute Gasteiger partial charge is 0.390 e. The van der Waals surface area contributed by atoms with Crippen LogP contribution >= 0.6 is 0 Å². The van der Waals surface area contributed by atoms with Crippen LogP contribution in [0.1, 0.15) is 37.2 Å². The number of hydrogen-bond donors (Lipinski definition) is 3. The molecular weight excluding hydrogens is 430 g/mol. The Bertz CT molecular complexity index is 1110. The molecule has 3 saturated carbocycles. The van der Waals surface area contributed by atoms with E-state index in [0.29, 0.717) is 30.7 Å². The average molecular weight is 464 g/mol. The number of amides is 2. The Morgan fingerprint density at radius 2 is 1.53 bits per heavy atom. The lowest BCUT2D eigenvalue weighted by atomic mass is 9.78. The van der Waals surface area contributed by atoms with Gasteiger partial charge in [-0.15, -0.1) is 0 Å². The van der Waals surface area contributed by atoms with Crippen LogP contribution < -0.4 is 0 Å². The van der Waals surface area contributed by atoms with Crippen LogP contribution in [0.4, 0.5) is 0 Å². The molecule has 2 saturated heterocycles. The number of para-hydroxylation sites is 1. The number of carbonyl (C=O) groups excluding carboxylic acids is 2. The fourth-order valence-electron chi connectivity index (χ4n) is 7.85. The molecule has 180 valence electrons. The first-order valence-corrected chi connectivity index (χ1v) is 13.0. The van der Waals surface area contributed by atoms with E-state index in [-0.39, 0.29) is 23.7 Å². The van der Waals surface area contributed by atoms with E-state index in [4.69, 9.17) is 0 Å². The van der Waals surface area contributed by atoms with Crippen molar-refractivity contribution >= 4 is 22.7 Å². The number of likely N-dealkylation sites (tertiary alicyclic amines) is 2. The van der Waals surface area contributed by atoms with Crippen molar-refractivity contribution in [2.75, 3.05) is 26.2 Å². The Morgan fingerprint density at radius 1 is 0.882 bits per heavy atom. The number of carbonyl (C=O) groups is 2. The van der Waals surface area contributed by atoms with E-state index in [0.717, 1.165) is 26.1 Å². The van der Waals surface area contributed by atoms with Gasteiger partial charge in [0.25, 0.3) is 0 Å². The monoisotopic (exact) mass is 463 g/mol. The Balaban J connectivity index is 0.932. The first kappa shape index (κ1) is 21.1. The van der Waals surface area contributed by atoms with E-state index < -0.39 is 24.0 Å². The summed E-state index contributed by atoms with van der Waals surface area (Å²) >= 11 is 0. The van der Waals surface area contributed by atoms with Crippen molar-refractivity contribution in [2.45, 2.75) is 43.8 Å². The Morgan fingerprint density at radius 3 is 2.24 bits per heavy atom. The molecule has 2 amide bonds. The third kappa shape index (κ3) is 3.06. The number of nitrogens with zero attached hydrogens (tertiary/aromatic N) is 2. The number of piperidine rings is 1. The zero-order valence-electron chi connectivity index (χ0n) is 19.3. The van der Waals surface area contributed by atoms with Crippen molar-refractivity contribution in [3.05, 3.63) is 36.0 Å². The minimum atomic E-state index is -0.858. The van der Waals surface area contributed by atoms with Gasteiger partial charge in [0.2, 0.25) is 11.8 Å². The molecule has 1 aromatic carbocycles. The predicted molar refractivity (Wildman–Crippen MR) is 126 cm³/mol. The molecular formula is C27H33N3O4. The molecule has 34 heavy (non-hydrogen) atoms. The standard InChI is InChI=1S/C27H33N3O4/c31-24-18-10-19(25(24)32)23-22(18)26(33)30(27(23)34)13-16-9-15(16)12-29-7-5-14(6-8-29)20-11-28-21-4-2-1-3-17(20)21/h1-4,11,14-16,18-19,22-25,28,31-32H,5-10,12-13H2/t15-,16-,18?,19?,22?,23?,24?,25?/m1/s1. The van der Waals surface area contributed by atoms with Crippen molar-refractivity contribution in [1.29, 1.82) is 0 Å². The van der Waals surface area contributed by atoms with Gasteiger partial charge in [0.15, 0.2) is 0 Å². The van der Waals surface area contributed by atoms with Gasteiger partial charge in [-0.05, 0) is 68.2 Å². The van der Waals surface area contributed by atoms with Crippen molar-refractivity contribution in [3.63, 3.8) is 0 Å². The molecule has 2 aromatic rings. The minimum absolute atomic E-state index is 0.0985. The summed E-state index contributed by atoms with van der Waals surface area (Å²) in [7, 11) is 0. The molecule has 5 aliphatic rings. The molecule has 8 atom stereocenters. The second kappa shape index (κ2) is 7.64. The number of aromatic amines is 1. The number of aliphatic hydroxyl groups is 2. The lowest BCUT2D eigenvalue weighted by molar-refractivity contribution is -0.141. The van der Waals surface area contributed by atoms with E-state index in [1.807, 2.05) is 0 Å². The molecule has 6 unspecified atom stereocenters. The number of aliphatic hydroxyl groups excluding tert-OH is 2. The van der Waals surface area contributed by atoms with Crippen LogP contribution in [0.3, 0.4) is 0 Å². The smallest absolute Gasteiger partial charge is 0.233 e. The van der Waals surface area contributed by atoms with Gasteiger partial charge in [0, 0.05) is 42.0 Å². The molecule has 5 fully saturated rings. The van der Waals surface area contributed by atoms with Crippen molar-refractivity contribution < 1.29 is 19.8 Å². The van der Waals surface area contributed by atoms with Crippen LogP contribution in [-0.4, -0.2) is 75.2 Å². The van der Waals surface area contributed by atoms with Gasteiger partial charge in [-0.2, -0.15) is 0 Å². The van der Waals surface area contributed by atoms with Gasteiger partial charge in [-0.1, -0.05) is 18.2 Å². The van der Waals surface area contributed by atoms with Crippen molar-refractivity contribution in [1.82, 2.24) is 14.8 Å². The second-order valence-electron chi connectivity index (χ2n) is 11.5.